The van der Waals surface area contributed by atoms with Gasteiger partial charge in [-0.2, -0.15) is 0 Å². The van der Waals surface area contributed by atoms with Crippen LogP contribution in [0.15, 0.2) is 12.7 Å². The van der Waals surface area contributed by atoms with Gasteiger partial charge in [0.1, 0.15) is 0 Å². The Morgan fingerprint density at radius 2 is 2.25 bits per heavy atom. The van der Waals surface area contributed by atoms with Crippen molar-refractivity contribution in [2.45, 2.75) is 51.6 Å². The summed E-state index contributed by atoms with van der Waals surface area (Å²) in [7, 11) is 0. The predicted molar refractivity (Wildman–Crippen MR) is 54.2 cm³/mol. The number of rotatable bonds is 6. The summed E-state index contributed by atoms with van der Waals surface area (Å²) in [6, 6.07) is 1.37. The normalized spacial score (nSPS) is 21.8. The Hall–Kier alpha value is -0.300. The zero-order valence-corrected chi connectivity index (χ0v) is 8.34. The lowest BCUT2D eigenvalue weighted by Crippen LogP contribution is -2.37. The standard InChI is InChI=1S/C11H21N/c1-4-6-9(3)12-11(5-2)10-7-8-10/h4,9-12H,1,5-8H2,2-3H3. The van der Waals surface area contributed by atoms with E-state index in [1.807, 2.05) is 6.08 Å². The topological polar surface area (TPSA) is 12.0 Å². The second-order valence-electron chi connectivity index (χ2n) is 3.94. The van der Waals surface area contributed by atoms with Crippen molar-refractivity contribution in [2.75, 3.05) is 0 Å². The molecule has 0 bridgehead atoms. The molecule has 0 radical (unpaired) electrons. The number of hydrogen-bond acceptors (Lipinski definition) is 1. The molecular weight excluding hydrogens is 146 g/mol. The molecule has 70 valence electrons. The molecule has 1 fully saturated rings. The predicted octanol–water partition coefficient (Wildman–Crippen LogP) is 2.73. The highest BCUT2D eigenvalue weighted by molar-refractivity contribution is 4.88. The highest BCUT2D eigenvalue weighted by atomic mass is 15.0. The lowest BCUT2D eigenvalue weighted by molar-refractivity contribution is 0.400. The van der Waals surface area contributed by atoms with E-state index in [9.17, 15) is 0 Å². The second kappa shape index (κ2) is 4.66. The minimum absolute atomic E-state index is 0.605. The van der Waals surface area contributed by atoms with Crippen molar-refractivity contribution >= 4 is 0 Å². The first-order valence-electron chi connectivity index (χ1n) is 5.14. The molecule has 1 aliphatic carbocycles. The molecule has 2 unspecified atom stereocenters. The molecular formula is C11H21N. The molecule has 1 N–H and O–H groups in total. The monoisotopic (exact) mass is 167 g/mol. The second-order valence-corrected chi connectivity index (χ2v) is 3.94. The first kappa shape index (κ1) is 9.79. The van der Waals surface area contributed by atoms with Gasteiger partial charge in [-0.15, -0.1) is 6.58 Å². The molecule has 2 atom stereocenters. The highest BCUT2D eigenvalue weighted by Crippen LogP contribution is 2.34. The average molecular weight is 167 g/mol. The zero-order chi connectivity index (χ0) is 8.97. The van der Waals surface area contributed by atoms with E-state index in [1.54, 1.807) is 0 Å². The minimum Gasteiger partial charge on any atom is -0.311 e. The van der Waals surface area contributed by atoms with Crippen LogP contribution in [-0.2, 0) is 0 Å². The molecule has 0 amide bonds. The molecule has 0 aromatic rings. The van der Waals surface area contributed by atoms with Crippen LogP contribution in [0, 0.1) is 5.92 Å². The first-order chi connectivity index (χ1) is 5.77. The van der Waals surface area contributed by atoms with Crippen LogP contribution in [0.2, 0.25) is 0 Å². The maximum atomic E-state index is 3.75. The summed E-state index contributed by atoms with van der Waals surface area (Å²) < 4.78 is 0. The van der Waals surface area contributed by atoms with Gasteiger partial charge < -0.3 is 5.32 Å². The van der Waals surface area contributed by atoms with Crippen LogP contribution in [0.5, 0.6) is 0 Å². The lowest BCUT2D eigenvalue weighted by atomic mass is 10.1. The molecule has 1 heteroatoms. The van der Waals surface area contributed by atoms with Gasteiger partial charge in [0.05, 0.1) is 0 Å². The van der Waals surface area contributed by atoms with Gasteiger partial charge in [0.2, 0.25) is 0 Å². The third-order valence-corrected chi connectivity index (χ3v) is 2.65. The fourth-order valence-electron chi connectivity index (χ4n) is 1.77. The maximum absolute atomic E-state index is 3.75. The van der Waals surface area contributed by atoms with Gasteiger partial charge in [0.25, 0.3) is 0 Å². The van der Waals surface area contributed by atoms with E-state index >= 15 is 0 Å². The Bertz CT molecular complexity index is 138. The van der Waals surface area contributed by atoms with Crippen molar-refractivity contribution in [3.8, 4) is 0 Å². The van der Waals surface area contributed by atoms with E-state index in [-0.39, 0.29) is 0 Å². The van der Waals surface area contributed by atoms with Crippen molar-refractivity contribution < 1.29 is 0 Å². The van der Waals surface area contributed by atoms with E-state index in [2.05, 4.69) is 25.7 Å². The van der Waals surface area contributed by atoms with Crippen LogP contribution in [-0.4, -0.2) is 12.1 Å². The number of hydrogen-bond donors (Lipinski definition) is 1. The van der Waals surface area contributed by atoms with Crippen LogP contribution in [0.3, 0.4) is 0 Å². The largest absolute Gasteiger partial charge is 0.311 e. The summed E-state index contributed by atoms with van der Waals surface area (Å²) >= 11 is 0. The quantitative estimate of drug-likeness (QED) is 0.600. The Morgan fingerprint density at radius 3 is 2.67 bits per heavy atom. The molecule has 12 heavy (non-hydrogen) atoms. The Balaban J connectivity index is 2.20. The third kappa shape index (κ3) is 2.98. The third-order valence-electron chi connectivity index (χ3n) is 2.65. The van der Waals surface area contributed by atoms with E-state index in [1.165, 1.54) is 19.3 Å². The Kier molecular flexibility index (Phi) is 3.80. The van der Waals surface area contributed by atoms with Crippen molar-refractivity contribution in [3.63, 3.8) is 0 Å². The molecule has 0 heterocycles. The first-order valence-corrected chi connectivity index (χ1v) is 5.14. The fourth-order valence-corrected chi connectivity index (χ4v) is 1.77. The summed E-state index contributed by atoms with van der Waals surface area (Å²) in [5, 5.41) is 3.66. The van der Waals surface area contributed by atoms with E-state index in [0.717, 1.165) is 18.4 Å². The van der Waals surface area contributed by atoms with Gasteiger partial charge in [-0.05, 0) is 38.5 Å². The van der Waals surface area contributed by atoms with Gasteiger partial charge >= 0.3 is 0 Å². The van der Waals surface area contributed by atoms with Crippen molar-refractivity contribution in [3.05, 3.63) is 12.7 Å². The summed E-state index contributed by atoms with van der Waals surface area (Å²) in [5.74, 6) is 0.974. The maximum Gasteiger partial charge on any atom is 0.00953 e. The lowest BCUT2D eigenvalue weighted by Gasteiger charge is -2.20. The van der Waals surface area contributed by atoms with Crippen LogP contribution >= 0.6 is 0 Å². The molecule has 0 aromatic carbocycles. The SMILES string of the molecule is C=CCC(C)NC(CC)C1CC1. The van der Waals surface area contributed by atoms with Crippen LogP contribution in [0.25, 0.3) is 0 Å². The molecule has 1 aliphatic rings. The van der Waals surface area contributed by atoms with Crippen molar-refractivity contribution in [1.29, 1.82) is 0 Å². The van der Waals surface area contributed by atoms with Gasteiger partial charge in [0, 0.05) is 12.1 Å². The molecule has 0 spiro atoms. The van der Waals surface area contributed by atoms with Gasteiger partial charge in [-0.1, -0.05) is 13.0 Å². The van der Waals surface area contributed by atoms with E-state index < -0.39 is 0 Å². The summed E-state index contributed by atoms with van der Waals surface area (Å²) in [6.07, 6.45) is 7.23. The van der Waals surface area contributed by atoms with Crippen molar-refractivity contribution in [1.82, 2.24) is 5.32 Å². The zero-order valence-electron chi connectivity index (χ0n) is 8.34. The smallest absolute Gasteiger partial charge is 0.00953 e. The Morgan fingerprint density at radius 1 is 1.58 bits per heavy atom. The van der Waals surface area contributed by atoms with Gasteiger partial charge in [-0.3, -0.25) is 0 Å². The summed E-state index contributed by atoms with van der Waals surface area (Å²) in [4.78, 5) is 0. The van der Waals surface area contributed by atoms with Crippen molar-refractivity contribution in [2.24, 2.45) is 5.92 Å². The molecule has 0 aromatic heterocycles. The van der Waals surface area contributed by atoms with Gasteiger partial charge in [-0.25, -0.2) is 0 Å². The van der Waals surface area contributed by atoms with Crippen LogP contribution < -0.4 is 5.32 Å². The molecule has 1 rings (SSSR count). The molecule has 0 saturated heterocycles. The molecule has 1 nitrogen and oxygen atoms in total. The minimum atomic E-state index is 0.605. The summed E-state index contributed by atoms with van der Waals surface area (Å²) in [6.45, 7) is 8.27. The molecule has 0 aliphatic heterocycles. The highest BCUT2D eigenvalue weighted by Gasteiger charge is 2.30. The number of nitrogens with one attached hydrogen (secondary N) is 1. The molecule has 1 saturated carbocycles. The summed E-state index contributed by atoms with van der Waals surface area (Å²) in [5.41, 5.74) is 0. The van der Waals surface area contributed by atoms with Crippen LogP contribution in [0.1, 0.15) is 39.5 Å². The Labute approximate surface area is 76.2 Å². The average Bonchev–Trinajstić information content (AvgIpc) is 2.83. The van der Waals surface area contributed by atoms with E-state index in [0.29, 0.717) is 6.04 Å². The van der Waals surface area contributed by atoms with Gasteiger partial charge in [0.15, 0.2) is 0 Å². The van der Waals surface area contributed by atoms with Crippen LogP contribution in [0.4, 0.5) is 0 Å². The fraction of sp³-hybridized carbons (Fsp3) is 0.818. The van der Waals surface area contributed by atoms with E-state index in [4.69, 9.17) is 0 Å².